The molecule has 1 amide bonds. The third-order valence-corrected chi connectivity index (χ3v) is 5.63. The zero-order valence-corrected chi connectivity index (χ0v) is 17.2. The van der Waals surface area contributed by atoms with Gasteiger partial charge in [0.25, 0.3) is 0 Å². The number of benzene rings is 1. The largest absolute Gasteiger partial charge is 0.324 e. The summed E-state index contributed by atoms with van der Waals surface area (Å²) in [5, 5.41) is 12.1. The number of amides is 1. The number of aromatic nitrogens is 3. The molecular formula is C16H13BrCl2N4OS. The number of fused-ring (bicyclic) bond motifs is 1. The molecule has 0 spiro atoms. The summed E-state index contributed by atoms with van der Waals surface area (Å²) in [5.74, 6) is -0.139. The first-order valence-electron chi connectivity index (χ1n) is 7.28. The number of anilines is 1. The second-order valence-electron chi connectivity index (χ2n) is 5.42. The zero-order chi connectivity index (χ0) is 18.1. The minimum atomic E-state index is -0.390. The highest BCUT2D eigenvalue weighted by molar-refractivity contribution is 9.10. The summed E-state index contributed by atoms with van der Waals surface area (Å²) in [6.07, 6.45) is 1.67. The number of pyridine rings is 1. The quantitative estimate of drug-likeness (QED) is 0.543. The Morgan fingerprint density at radius 3 is 2.80 bits per heavy atom. The van der Waals surface area contributed by atoms with Crippen LogP contribution in [0.3, 0.4) is 0 Å². The SMILES string of the molecule is Cc1ccc(NC(=O)C(C)Sc2nnc3c(Cl)cc(Cl)cn23)c(Br)c1. The molecule has 25 heavy (non-hydrogen) atoms. The van der Waals surface area contributed by atoms with Crippen molar-refractivity contribution in [3.8, 4) is 0 Å². The molecule has 0 fully saturated rings. The molecule has 3 aromatic rings. The van der Waals surface area contributed by atoms with Gasteiger partial charge >= 0.3 is 0 Å². The van der Waals surface area contributed by atoms with Crippen molar-refractivity contribution in [2.75, 3.05) is 5.32 Å². The van der Waals surface area contributed by atoms with Gasteiger partial charge in [0.1, 0.15) is 0 Å². The van der Waals surface area contributed by atoms with Crippen LogP contribution in [-0.4, -0.2) is 25.8 Å². The Bertz CT molecular complexity index is 963. The minimum Gasteiger partial charge on any atom is -0.324 e. The molecule has 9 heteroatoms. The van der Waals surface area contributed by atoms with Crippen molar-refractivity contribution in [1.82, 2.24) is 14.6 Å². The van der Waals surface area contributed by atoms with Gasteiger partial charge in [0.2, 0.25) is 5.91 Å². The molecule has 1 aromatic carbocycles. The number of hydrogen-bond donors (Lipinski definition) is 1. The van der Waals surface area contributed by atoms with Gasteiger partial charge in [-0.3, -0.25) is 9.20 Å². The van der Waals surface area contributed by atoms with E-state index in [9.17, 15) is 4.79 Å². The lowest BCUT2D eigenvalue weighted by molar-refractivity contribution is -0.115. The lowest BCUT2D eigenvalue weighted by Crippen LogP contribution is -2.22. The summed E-state index contributed by atoms with van der Waals surface area (Å²) in [6.45, 7) is 3.79. The van der Waals surface area contributed by atoms with E-state index in [1.807, 2.05) is 25.1 Å². The van der Waals surface area contributed by atoms with Crippen molar-refractivity contribution in [3.05, 3.63) is 50.5 Å². The summed E-state index contributed by atoms with van der Waals surface area (Å²) >= 11 is 16.9. The second kappa shape index (κ2) is 7.53. The number of carbonyl (C=O) groups is 1. The zero-order valence-electron chi connectivity index (χ0n) is 13.3. The lowest BCUT2D eigenvalue weighted by atomic mass is 10.2. The number of nitrogens with zero attached hydrogens (tertiary/aromatic N) is 3. The van der Waals surface area contributed by atoms with Crippen LogP contribution in [-0.2, 0) is 4.79 Å². The first kappa shape index (κ1) is 18.5. The van der Waals surface area contributed by atoms with E-state index >= 15 is 0 Å². The molecule has 0 bridgehead atoms. The van der Waals surface area contributed by atoms with Gasteiger partial charge in [0.15, 0.2) is 10.8 Å². The molecule has 0 radical (unpaired) electrons. The molecule has 1 unspecified atom stereocenters. The Hall–Kier alpha value is -1.28. The third-order valence-electron chi connectivity index (χ3n) is 3.43. The van der Waals surface area contributed by atoms with Gasteiger partial charge in [-0.05, 0) is 53.5 Å². The predicted molar refractivity (Wildman–Crippen MR) is 106 cm³/mol. The summed E-state index contributed by atoms with van der Waals surface area (Å²) in [5.41, 5.74) is 2.33. The number of thioether (sulfide) groups is 1. The van der Waals surface area contributed by atoms with Crippen LogP contribution in [0.25, 0.3) is 5.65 Å². The number of nitrogens with one attached hydrogen (secondary N) is 1. The topological polar surface area (TPSA) is 59.3 Å². The molecule has 2 aromatic heterocycles. The van der Waals surface area contributed by atoms with E-state index < -0.39 is 5.25 Å². The van der Waals surface area contributed by atoms with Gasteiger partial charge in [0, 0.05) is 10.7 Å². The fraction of sp³-hybridized carbons (Fsp3) is 0.188. The van der Waals surface area contributed by atoms with Crippen LogP contribution in [0.2, 0.25) is 10.0 Å². The van der Waals surface area contributed by atoms with E-state index in [1.165, 1.54) is 11.8 Å². The Kier molecular flexibility index (Phi) is 5.58. The second-order valence-corrected chi connectivity index (χ2v) is 8.42. The Morgan fingerprint density at radius 1 is 1.32 bits per heavy atom. The standard InChI is InChI=1S/C16H13BrCl2N4OS/c1-8-3-4-13(11(17)5-8)20-15(24)9(2)25-16-22-21-14-12(19)6-10(18)7-23(14)16/h3-7,9H,1-2H3,(H,20,24). The summed E-state index contributed by atoms with van der Waals surface area (Å²) in [4.78, 5) is 12.5. The van der Waals surface area contributed by atoms with Crippen molar-refractivity contribution in [3.63, 3.8) is 0 Å². The summed E-state index contributed by atoms with van der Waals surface area (Å²) in [7, 11) is 0. The number of carbonyl (C=O) groups excluding carboxylic acids is 1. The third kappa shape index (κ3) is 4.11. The molecule has 0 saturated heterocycles. The Morgan fingerprint density at radius 2 is 2.08 bits per heavy atom. The van der Waals surface area contributed by atoms with Crippen LogP contribution in [0.5, 0.6) is 0 Å². The predicted octanol–water partition coefficient (Wildman–Crippen LogP) is 5.23. The number of hydrogen-bond acceptors (Lipinski definition) is 4. The normalized spacial score (nSPS) is 12.4. The van der Waals surface area contributed by atoms with Gasteiger partial charge in [-0.25, -0.2) is 0 Å². The number of rotatable bonds is 4. The van der Waals surface area contributed by atoms with Crippen molar-refractivity contribution >= 4 is 68.1 Å². The summed E-state index contributed by atoms with van der Waals surface area (Å²) in [6, 6.07) is 7.35. The molecule has 0 saturated carbocycles. The number of halogens is 3. The monoisotopic (exact) mass is 458 g/mol. The van der Waals surface area contributed by atoms with Crippen LogP contribution in [0, 0.1) is 6.92 Å². The van der Waals surface area contributed by atoms with Crippen molar-refractivity contribution in [1.29, 1.82) is 0 Å². The van der Waals surface area contributed by atoms with Crippen LogP contribution in [0.15, 0.2) is 40.1 Å². The average Bonchev–Trinajstić information content (AvgIpc) is 2.93. The minimum absolute atomic E-state index is 0.139. The van der Waals surface area contributed by atoms with E-state index in [1.54, 1.807) is 23.6 Å². The number of aryl methyl sites for hydroxylation is 1. The maximum absolute atomic E-state index is 12.5. The van der Waals surface area contributed by atoms with Crippen LogP contribution >= 0.6 is 50.9 Å². The van der Waals surface area contributed by atoms with E-state index in [2.05, 4.69) is 31.4 Å². The smallest absolute Gasteiger partial charge is 0.237 e. The Balaban J connectivity index is 1.78. The van der Waals surface area contributed by atoms with E-state index in [0.29, 0.717) is 20.8 Å². The fourth-order valence-corrected chi connectivity index (χ4v) is 4.07. The molecule has 3 rings (SSSR count). The highest BCUT2D eigenvalue weighted by Crippen LogP contribution is 2.29. The van der Waals surface area contributed by atoms with Gasteiger partial charge in [-0.1, -0.05) is 41.0 Å². The highest BCUT2D eigenvalue weighted by Gasteiger charge is 2.19. The van der Waals surface area contributed by atoms with Crippen molar-refractivity contribution in [2.45, 2.75) is 24.3 Å². The van der Waals surface area contributed by atoms with Gasteiger partial charge in [-0.15, -0.1) is 10.2 Å². The van der Waals surface area contributed by atoms with E-state index in [4.69, 9.17) is 23.2 Å². The molecule has 0 aliphatic rings. The van der Waals surface area contributed by atoms with Crippen LogP contribution < -0.4 is 5.32 Å². The highest BCUT2D eigenvalue weighted by atomic mass is 79.9. The lowest BCUT2D eigenvalue weighted by Gasteiger charge is -2.12. The molecule has 1 atom stereocenters. The first-order valence-corrected chi connectivity index (χ1v) is 9.71. The fourth-order valence-electron chi connectivity index (χ4n) is 2.15. The van der Waals surface area contributed by atoms with Gasteiger partial charge in [0.05, 0.1) is 21.0 Å². The molecule has 2 heterocycles. The van der Waals surface area contributed by atoms with Crippen molar-refractivity contribution < 1.29 is 4.79 Å². The molecule has 0 aliphatic heterocycles. The average molecular weight is 460 g/mol. The maximum Gasteiger partial charge on any atom is 0.237 e. The molecule has 0 aliphatic carbocycles. The van der Waals surface area contributed by atoms with Gasteiger partial charge < -0.3 is 5.32 Å². The van der Waals surface area contributed by atoms with Crippen molar-refractivity contribution in [2.24, 2.45) is 0 Å². The molecule has 1 N–H and O–H groups in total. The Labute approximate surface area is 167 Å². The van der Waals surface area contributed by atoms with E-state index in [-0.39, 0.29) is 5.91 Å². The van der Waals surface area contributed by atoms with E-state index in [0.717, 1.165) is 15.7 Å². The first-order chi connectivity index (χ1) is 11.8. The van der Waals surface area contributed by atoms with Crippen LogP contribution in [0.4, 0.5) is 5.69 Å². The summed E-state index contributed by atoms with van der Waals surface area (Å²) < 4.78 is 2.52. The molecule has 130 valence electrons. The van der Waals surface area contributed by atoms with Gasteiger partial charge in [-0.2, -0.15) is 0 Å². The maximum atomic E-state index is 12.5. The molecule has 5 nitrogen and oxygen atoms in total. The molecular weight excluding hydrogens is 447 g/mol. The van der Waals surface area contributed by atoms with Crippen LogP contribution in [0.1, 0.15) is 12.5 Å².